The van der Waals surface area contributed by atoms with E-state index in [1.54, 1.807) is 6.20 Å². The highest BCUT2D eigenvalue weighted by molar-refractivity contribution is 6.16. The molecule has 0 amide bonds. The lowest BCUT2D eigenvalue weighted by molar-refractivity contribution is 0.104. The number of aryl methyl sites for hydroxylation is 1. The lowest BCUT2D eigenvalue weighted by Gasteiger charge is -2.00. The molecule has 0 bridgehead atoms. The Hall–Kier alpha value is -2.35. The smallest absolute Gasteiger partial charge is 0.195 e. The van der Waals surface area contributed by atoms with Gasteiger partial charge in [-0.15, -0.1) is 0 Å². The largest absolute Gasteiger partial charge is 0.360 e. The van der Waals surface area contributed by atoms with Gasteiger partial charge < -0.3 is 4.98 Å². The number of nitrogens with one attached hydrogen (secondary N) is 1. The molecule has 0 aliphatic carbocycles. The molecule has 1 heterocycles. The molecule has 0 fully saturated rings. The van der Waals surface area contributed by atoms with Gasteiger partial charge in [0.15, 0.2) is 5.78 Å². The minimum atomic E-state index is 0.0625. The van der Waals surface area contributed by atoms with Crippen LogP contribution in [0.2, 0.25) is 0 Å². The molecule has 0 aliphatic heterocycles. The first kappa shape index (κ1) is 10.8. The van der Waals surface area contributed by atoms with Gasteiger partial charge in [0.2, 0.25) is 0 Å². The van der Waals surface area contributed by atoms with E-state index in [1.165, 1.54) is 0 Å². The van der Waals surface area contributed by atoms with Gasteiger partial charge >= 0.3 is 0 Å². The number of benzene rings is 2. The second kappa shape index (κ2) is 4.15. The maximum atomic E-state index is 12.4. The normalized spacial score (nSPS) is 10.7. The number of hydrogen-bond donors (Lipinski definition) is 1. The minimum Gasteiger partial charge on any atom is -0.360 e. The van der Waals surface area contributed by atoms with Crippen molar-refractivity contribution in [3.8, 4) is 0 Å². The Morgan fingerprint density at radius 3 is 2.56 bits per heavy atom. The molecule has 3 rings (SSSR count). The van der Waals surface area contributed by atoms with Crippen molar-refractivity contribution in [1.29, 1.82) is 0 Å². The maximum absolute atomic E-state index is 12.4. The van der Waals surface area contributed by atoms with E-state index in [4.69, 9.17) is 0 Å². The van der Waals surface area contributed by atoms with Crippen molar-refractivity contribution in [2.24, 2.45) is 0 Å². The van der Waals surface area contributed by atoms with Crippen molar-refractivity contribution in [1.82, 2.24) is 4.98 Å². The van der Waals surface area contributed by atoms with Crippen LogP contribution in [0.1, 0.15) is 21.5 Å². The topological polar surface area (TPSA) is 32.9 Å². The average Bonchev–Trinajstić information content (AvgIpc) is 2.84. The van der Waals surface area contributed by atoms with Crippen LogP contribution < -0.4 is 0 Å². The molecular formula is C16H13NO. The molecule has 1 N–H and O–H groups in total. The molecule has 0 radical (unpaired) electrons. The van der Waals surface area contributed by atoms with Crippen LogP contribution >= 0.6 is 0 Å². The van der Waals surface area contributed by atoms with Crippen molar-refractivity contribution in [3.63, 3.8) is 0 Å². The zero-order chi connectivity index (χ0) is 12.5. The summed E-state index contributed by atoms with van der Waals surface area (Å²) < 4.78 is 0. The SMILES string of the molecule is Cc1cccc2c(C(=O)c3ccccc3)c[nH]c12. The number of rotatable bonds is 2. The Bertz CT molecular complexity index is 710. The number of aromatic amines is 1. The summed E-state index contributed by atoms with van der Waals surface area (Å²) in [6.07, 6.45) is 1.80. The third kappa shape index (κ3) is 1.63. The summed E-state index contributed by atoms with van der Waals surface area (Å²) in [5.41, 5.74) is 3.65. The molecule has 3 aromatic rings. The number of carbonyl (C=O) groups excluding carboxylic acids is 1. The highest BCUT2D eigenvalue weighted by atomic mass is 16.1. The molecule has 0 spiro atoms. The van der Waals surface area contributed by atoms with Gasteiger partial charge in [-0.1, -0.05) is 48.5 Å². The van der Waals surface area contributed by atoms with Crippen molar-refractivity contribution < 1.29 is 4.79 Å². The van der Waals surface area contributed by atoms with Crippen LogP contribution in [0, 0.1) is 6.92 Å². The Labute approximate surface area is 105 Å². The molecule has 2 aromatic carbocycles. The molecule has 0 atom stereocenters. The van der Waals surface area contributed by atoms with E-state index in [2.05, 4.69) is 4.98 Å². The summed E-state index contributed by atoms with van der Waals surface area (Å²) in [5, 5.41) is 0.990. The Kier molecular flexibility index (Phi) is 2.49. The lowest BCUT2D eigenvalue weighted by atomic mass is 10.0. The van der Waals surface area contributed by atoms with E-state index in [0.717, 1.165) is 27.6 Å². The summed E-state index contributed by atoms with van der Waals surface area (Å²) in [6.45, 7) is 2.04. The van der Waals surface area contributed by atoms with Crippen molar-refractivity contribution in [2.45, 2.75) is 6.92 Å². The van der Waals surface area contributed by atoms with Crippen LogP contribution in [0.3, 0.4) is 0 Å². The third-order valence-electron chi connectivity index (χ3n) is 3.20. The lowest BCUT2D eigenvalue weighted by Crippen LogP contribution is -1.99. The molecule has 0 aliphatic rings. The molecule has 0 saturated heterocycles. The fourth-order valence-electron chi connectivity index (χ4n) is 2.24. The zero-order valence-corrected chi connectivity index (χ0v) is 10.1. The number of fused-ring (bicyclic) bond motifs is 1. The first-order chi connectivity index (χ1) is 8.77. The minimum absolute atomic E-state index is 0.0625. The van der Waals surface area contributed by atoms with E-state index in [1.807, 2.05) is 55.5 Å². The fraction of sp³-hybridized carbons (Fsp3) is 0.0625. The summed E-state index contributed by atoms with van der Waals surface area (Å²) >= 11 is 0. The Balaban J connectivity index is 2.16. The first-order valence-electron chi connectivity index (χ1n) is 5.94. The maximum Gasteiger partial charge on any atom is 0.195 e. The Morgan fingerprint density at radius 2 is 1.78 bits per heavy atom. The Morgan fingerprint density at radius 1 is 1.00 bits per heavy atom. The van der Waals surface area contributed by atoms with Gasteiger partial charge in [0.1, 0.15) is 0 Å². The van der Waals surface area contributed by atoms with Crippen LogP contribution in [0.4, 0.5) is 0 Å². The summed E-state index contributed by atoms with van der Waals surface area (Å²) in [4.78, 5) is 15.6. The summed E-state index contributed by atoms with van der Waals surface area (Å²) in [6, 6.07) is 15.4. The average molecular weight is 235 g/mol. The predicted octanol–water partition coefficient (Wildman–Crippen LogP) is 3.71. The number of hydrogen-bond acceptors (Lipinski definition) is 1. The van der Waals surface area contributed by atoms with E-state index < -0.39 is 0 Å². The summed E-state index contributed by atoms with van der Waals surface area (Å²) in [7, 11) is 0. The van der Waals surface area contributed by atoms with Crippen LogP contribution in [0.15, 0.2) is 54.7 Å². The van der Waals surface area contributed by atoms with Crippen molar-refractivity contribution in [2.75, 3.05) is 0 Å². The van der Waals surface area contributed by atoms with Crippen molar-refractivity contribution in [3.05, 3.63) is 71.4 Å². The molecule has 18 heavy (non-hydrogen) atoms. The summed E-state index contributed by atoms with van der Waals surface area (Å²) in [5.74, 6) is 0.0625. The molecule has 0 saturated carbocycles. The van der Waals surface area contributed by atoms with Crippen LogP contribution in [-0.4, -0.2) is 10.8 Å². The van der Waals surface area contributed by atoms with E-state index >= 15 is 0 Å². The molecule has 1 aromatic heterocycles. The number of para-hydroxylation sites is 1. The molecular weight excluding hydrogens is 222 g/mol. The van der Waals surface area contributed by atoms with Crippen LogP contribution in [0.25, 0.3) is 10.9 Å². The number of H-pyrrole nitrogens is 1. The zero-order valence-electron chi connectivity index (χ0n) is 10.1. The fourth-order valence-corrected chi connectivity index (χ4v) is 2.24. The molecule has 0 unspecified atom stereocenters. The molecule has 2 nitrogen and oxygen atoms in total. The van der Waals surface area contributed by atoms with Crippen LogP contribution in [-0.2, 0) is 0 Å². The monoisotopic (exact) mass is 235 g/mol. The first-order valence-corrected chi connectivity index (χ1v) is 5.94. The predicted molar refractivity (Wildman–Crippen MR) is 72.9 cm³/mol. The molecule has 88 valence electrons. The van der Waals surface area contributed by atoms with E-state index in [0.29, 0.717) is 0 Å². The van der Waals surface area contributed by atoms with Crippen molar-refractivity contribution >= 4 is 16.7 Å². The van der Waals surface area contributed by atoms with Gasteiger partial charge in [0.05, 0.1) is 0 Å². The third-order valence-corrected chi connectivity index (χ3v) is 3.20. The van der Waals surface area contributed by atoms with Gasteiger partial charge in [0, 0.05) is 28.2 Å². The van der Waals surface area contributed by atoms with E-state index in [9.17, 15) is 4.79 Å². The second-order valence-electron chi connectivity index (χ2n) is 4.39. The van der Waals surface area contributed by atoms with Crippen LogP contribution in [0.5, 0.6) is 0 Å². The second-order valence-corrected chi connectivity index (χ2v) is 4.39. The van der Waals surface area contributed by atoms with Gasteiger partial charge in [-0.25, -0.2) is 0 Å². The quantitative estimate of drug-likeness (QED) is 0.675. The van der Waals surface area contributed by atoms with Gasteiger partial charge in [-0.2, -0.15) is 0 Å². The van der Waals surface area contributed by atoms with E-state index in [-0.39, 0.29) is 5.78 Å². The number of aromatic nitrogens is 1. The van der Waals surface area contributed by atoms with Gasteiger partial charge in [0.25, 0.3) is 0 Å². The standard InChI is InChI=1S/C16H13NO/c1-11-6-5-9-13-14(10-17-15(11)13)16(18)12-7-3-2-4-8-12/h2-10,17H,1H3. The number of ketones is 1. The van der Waals surface area contributed by atoms with Gasteiger partial charge in [-0.05, 0) is 12.5 Å². The highest BCUT2D eigenvalue weighted by Crippen LogP contribution is 2.23. The highest BCUT2D eigenvalue weighted by Gasteiger charge is 2.14. The number of carbonyl (C=O) groups is 1. The molecule has 2 heteroatoms. The van der Waals surface area contributed by atoms with Gasteiger partial charge in [-0.3, -0.25) is 4.79 Å².